The van der Waals surface area contributed by atoms with Crippen LogP contribution in [0.5, 0.6) is 0 Å². The van der Waals surface area contributed by atoms with Gasteiger partial charge in [0.15, 0.2) is 0 Å². The van der Waals surface area contributed by atoms with Gasteiger partial charge < -0.3 is 5.32 Å². The second kappa shape index (κ2) is 7.36. The molecule has 0 aliphatic carbocycles. The molecule has 4 heteroatoms. The van der Waals surface area contributed by atoms with Crippen LogP contribution in [0.4, 0.5) is 0 Å². The van der Waals surface area contributed by atoms with Crippen LogP contribution in [0, 0.1) is 6.92 Å². The zero-order valence-electron chi connectivity index (χ0n) is 13.1. The van der Waals surface area contributed by atoms with Crippen molar-refractivity contribution in [2.45, 2.75) is 25.6 Å². The van der Waals surface area contributed by atoms with Crippen molar-refractivity contribution in [1.29, 1.82) is 0 Å². The van der Waals surface area contributed by atoms with E-state index in [0.29, 0.717) is 11.3 Å². The summed E-state index contributed by atoms with van der Waals surface area (Å²) in [6, 6.07) is 15.4. The smallest absolute Gasteiger partial charge is 0.251 e. The Balaban J connectivity index is 2.08. The number of hydrogen-bond donors (Lipinski definition) is 1. The van der Waals surface area contributed by atoms with Gasteiger partial charge >= 0.3 is 0 Å². The molecule has 22 heavy (non-hydrogen) atoms. The SMILES string of the molecule is Cc1ccc(C(C)NC(=O)c2cccc(CS(C)=O)c2)cc1. The Bertz CT molecular complexity index is 680. The Morgan fingerprint density at radius 1 is 1.18 bits per heavy atom. The van der Waals surface area contributed by atoms with E-state index in [1.165, 1.54) is 5.56 Å². The topological polar surface area (TPSA) is 46.2 Å². The van der Waals surface area contributed by atoms with Gasteiger partial charge in [-0.3, -0.25) is 9.00 Å². The average Bonchev–Trinajstić information content (AvgIpc) is 2.47. The molecule has 2 atom stereocenters. The molecule has 0 saturated heterocycles. The highest BCUT2D eigenvalue weighted by atomic mass is 32.2. The summed E-state index contributed by atoms with van der Waals surface area (Å²) < 4.78 is 11.3. The molecule has 0 aliphatic rings. The lowest BCUT2D eigenvalue weighted by molar-refractivity contribution is 0.0940. The molecule has 0 aromatic heterocycles. The lowest BCUT2D eigenvalue weighted by Gasteiger charge is -2.15. The van der Waals surface area contributed by atoms with Gasteiger partial charge in [-0.25, -0.2) is 0 Å². The number of nitrogens with one attached hydrogen (secondary N) is 1. The number of amides is 1. The zero-order chi connectivity index (χ0) is 16.1. The van der Waals surface area contributed by atoms with Gasteiger partial charge in [-0.2, -0.15) is 0 Å². The van der Waals surface area contributed by atoms with Gasteiger partial charge in [-0.1, -0.05) is 42.0 Å². The molecule has 0 bridgehead atoms. The summed E-state index contributed by atoms with van der Waals surface area (Å²) in [5.74, 6) is 0.353. The molecular formula is C18H21NO2S. The lowest BCUT2D eigenvalue weighted by atomic mass is 10.1. The van der Waals surface area contributed by atoms with Crippen LogP contribution in [0.15, 0.2) is 48.5 Å². The number of aryl methyl sites for hydroxylation is 1. The quantitative estimate of drug-likeness (QED) is 0.919. The van der Waals surface area contributed by atoms with E-state index in [4.69, 9.17) is 0 Å². The van der Waals surface area contributed by atoms with Gasteiger partial charge in [0.2, 0.25) is 0 Å². The third kappa shape index (κ3) is 4.53. The maximum Gasteiger partial charge on any atom is 0.251 e. The molecule has 0 saturated carbocycles. The van der Waals surface area contributed by atoms with Crippen LogP contribution in [0.25, 0.3) is 0 Å². The van der Waals surface area contributed by atoms with Gasteiger partial charge in [-0.15, -0.1) is 0 Å². The molecule has 2 aromatic rings. The highest BCUT2D eigenvalue weighted by Crippen LogP contribution is 2.15. The first kappa shape index (κ1) is 16.4. The minimum atomic E-state index is -0.912. The first-order chi connectivity index (χ1) is 10.5. The van der Waals surface area contributed by atoms with Crippen molar-refractivity contribution < 1.29 is 9.00 Å². The second-order valence-corrected chi connectivity index (χ2v) is 6.96. The summed E-state index contributed by atoms with van der Waals surface area (Å²) in [7, 11) is -0.912. The highest BCUT2D eigenvalue weighted by molar-refractivity contribution is 7.83. The zero-order valence-corrected chi connectivity index (χ0v) is 13.9. The molecule has 116 valence electrons. The standard InChI is InChI=1S/C18H21NO2S/c1-13-7-9-16(10-8-13)14(2)19-18(20)17-6-4-5-15(11-17)12-22(3)21/h4-11,14H,12H2,1-3H3,(H,19,20). The summed E-state index contributed by atoms with van der Waals surface area (Å²) >= 11 is 0. The van der Waals surface area contributed by atoms with Gasteiger partial charge in [-0.05, 0) is 37.1 Å². The molecule has 2 aromatic carbocycles. The minimum absolute atomic E-state index is 0.0583. The molecular weight excluding hydrogens is 294 g/mol. The number of benzene rings is 2. The molecule has 1 N–H and O–H groups in total. The van der Waals surface area contributed by atoms with Crippen LogP contribution < -0.4 is 5.32 Å². The van der Waals surface area contributed by atoms with E-state index in [0.717, 1.165) is 11.1 Å². The van der Waals surface area contributed by atoms with Gasteiger partial charge in [0.25, 0.3) is 5.91 Å². The molecule has 3 nitrogen and oxygen atoms in total. The molecule has 1 amide bonds. The van der Waals surface area contributed by atoms with Crippen molar-refractivity contribution >= 4 is 16.7 Å². The number of hydrogen-bond acceptors (Lipinski definition) is 2. The fourth-order valence-corrected chi connectivity index (χ4v) is 2.90. The molecule has 0 aliphatic heterocycles. The van der Waals surface area contributed by atoms with Crippen molar-refractivity contribution in [3.63, 3.8) is 0 Å². The summed E-state index contributed by atoms with van der Waals surface area (Å²) in [4.78, 5) is 12.3. The van der Waals surface area contributed by atoms with E-state index < -0.39 is 10.8 Å². The molecule has 0 spiro atoms. The van der Waals surface area contributed by atoms with Crippen molar-refractivity contribution in [3.8, 4) is 0 Å². The van der Waals surface area contributed by atoms with E-state index in [2.05, 4.69) is 5.32 Å². The average molecular weight is 315 g/mol. The number of carbonyl (C=O) groups excluding carboxylic acids is 1. The first-order valence-electron chi connectivity index (χ1n) is 7.22. The first-order valence-corrected chi connectivity index (χ1v) is 8.95. The summed E-state index contributed by atoms with van der Waals surface area (Å²) in [6.07, 6.45) is 1.66. The molecule has 0 heterocycles. The molecule has 2 unspecified atom stereocenters. The minimum Gasteiger partial charge on any atom is -0.346 e. The summed E-state index contributed by atoms with van der Waals surface area (Å²) in [5.41, 5.74) is 3.78. The Kier molecular flexibility index (Phi) is 5.50. The van der Waals surface area contributed by atoms with Crippen molar-refractivity contribution in [2.75, 3.05) is 6.26 Å². The van der Waals surface area contributed by atoms with E-state index >= 15 is 0 Å². The Morgan fingerprint density at radius 2 is 1.86 bits per heavy atom. The van der Waals surface area contributed by atoms with E-state index in [1.54, 1.807) is 18.4 Å². The van der Waals surface area contributed by atoms with Crippen LogP contribution in [0.3, 0.4) is 0 Å². The summed E-state index contributed by atoms with van der Waals surface area (Å²) in [6.45, 7) is 4.00. The summed E-state index contributed by atoms with van der Waals surface area (Å²) in [5, 5.41) is 3.00. The highest BCUT2D eigenvalue weighted by Gasteiger charge is 2.12. The monoisotopic (exact) mass is 315 g/mol. The van der Waals surface area contributed by atoms with Crippen LogP contribution >= 0.6 is 0 Å². The van der Waals surface area contributed by atoms with Gasteiger partial charge in [0.1, 0.15) is 0 Å². The predicted molar refractivity (Wildman–Crippen MR) is 91.3 cm³/mol. The Morgan fingerprint density at radius 3 is 2.50 bits per heavy atom. The molecule has 0 fully saturated rings. The maximum absolute atomic E-state index is 12.3. The van der Waals surface area contributed by atoms with E-state index in [-0.39, 0.29) is 11.9 Å². The normalized spacial score (nSPS) is 13.4. The van der Waals surface area contributed by atoms with Crippen molar-refractivity contribution in [2.24, 2.45) is 0 Å². The Hall–Kier alpha value is -1.94. The lowest BCUT2D eigenvalue weighted by Crippen LogP contribution is -2.26. The predicted octanol–water partition coefficient (Wildman–Crippen LogP) is 3.36. The van der Waals surface area contributed by atoms with Gasteiger partial charge in [0, 0.05) is 28.4 Å². The number of rotatable bonds is 5. The van der Waals surface area contributed by atoms with Crippen molar-refractivity contribution in [1.82, 2.24) is 5.32 Å². The fraction of sp³-hybridized carbons (Fsp3) is 0.278. The third-order valence-electron chi connectivity index (χ3n) is 3.48. The van der Waals surface area contributed by atoms with Crippen LogP contribution in [0.2, 0.25) is 0 Å². The number of carbonyl (C=O) groups is 1. The van der Waals surface area contributed by atoms with Gasteiger partial charge in [0.05, 0.1) is 6.04 Å². The van der Waals surface area contributed by atoms with E-state index in [1.807, 2.05) is 50.2 Å². The van der Waals surface area contributed by atoms with Crippen LogP contribution in [-0.2, 0) is 16.6 Å². The molecule has 0 radical (unpaired) electrons. The fourth-order valence-electron chi connectivity index (χ4n) is 2.26. The second-order valence-electron chi connectivity index (χ2n) is 5.52. The molecule has 2 rings (SSSR count). The largest absolute Gasteiger partial charge is 0.346 e. The van der Waals surface area contributed by atoms with Crippen LogP contribution in [-0.4, -0.2) is 16.4 Å². The third-order valence-corrected chi connectivity index (χ3v) is 4.22. The van der Waals surface area contributed by atoms with E-state index in [9.17, 15) is 9.00 Å². The van der Waals surface area contributed by atoms with Crippen molar-refractivity contribution in [3.05, 3.63) is 70.8 Å². The maximum atomic E-state index is 12.3. The Labute approximate surface area is 134 Å². The van der Waals surface area contributed by atoms with Crippen LogP contribution in [0.1, 0.15) is 40.0 Å².